The first-order chi connectivity index (χ1) is 15.7. The normalized spacial score (nSPS) is 13.0. The van der Waals surface area contributed by atoms with Gasteiger partial charge in [0.05, 0.1) is 40.6 Å². The number of rotatable bonds is 16. The topological polar surface area (TPSA) is 138 Å². The maximum atomic E-state index is 5.53. The second-order valence-electron chi connectivity index (χ2n) is 7.17. The maximum absolute atomic E-state index is 5.53. The lowest BCUT2D eigenvalue weighted by Gasteiger charge is -2.14. The third kappa shape index (κ3) is 7.66. The van der Waals surface area contributed by atoms with E-state index in [0.717, 1.165) is 18.4 Å². The number of para-hydroxylation sites is 1. The molecule has 1 aliphatic rings. The molecule has 0 unspecified atom stereocenters. The molecule has 176 valence electrons. The Hall–Kier alpha value is -2.89. The summed E-state index contributed by atoms with van der Waals surface area (Å²) in [4.78, 5) is 13.4. The predicted molar refractivity (Wildman–Crippen MR) is 123 cm³/mol. The van der Waals surface area contributed by atoms with Crippen LogP contribution in [0.1, 0.15) is 18.4 Å². The van der Waals surface area contributed by atoms with Gasteiger partial charge in [-0.25, -0.2) is 0 Å². The minimum Gasteiger partial charge on any atom is -0.493 e. The van der Waals surface area contributed by atoms with Gasteiger partial charge in [0.15, 0.2) is 11.5 Å². The first-order valence-corrected chi connectivity index (χ1v) is 10.8. The van der Waals surface area contributed by atoms with E-state index in [2.05, 4.69) is 30.9 Å². The van der Waals surface area contributed by atoms with Gasteiger partial charge in [-0.3, -0.25) is 0 Å². The maximum Gasteiger partial charge on any atom is 0.229 e. The summed E-state index contributed by atoms with van der Waals surface area (Å²) in [6, 6.07) is 6.16. The van der Waals surface area contributed by atoms with E-state index >= 15 is 0 Å². The fourth-order valence-electron chi connectivity index (χ4n) is 2.92. The first-order valence-electron chi connectivity index (χ1n) is 10.8. The lowest BCUT2D eigenvalue weighted by Crippen LogP contribution is -2.17. The largest absolute Gasteiger partial charge is 0.493 e. The van der Waals surface area contributed by atoms with Crippen molar-refractivity contribution in [1.82, 2.24) is 15.0 Å². The molecule has 1 fully saturated rings. The summed E-state index contributed by atoms with van der Waals surface area (Å²) in [6.07, 6.45) is 2.25. The van der Waals surface area contributed by atoms with Crippen molar-refractivity contribution in [3.63, 3.8) is 0 Å². The lowest BCUT2D eigenvalue weighted by atomic mass is 10.2. The third-order valence-corrected chi connectivity index (χ3v) is 4.63. The van der Waals surface area contributed by atoms with Gasteiger partial charge in [-0.1, -0.05) is 12.1 Å². The molecular formula is C21H33N7O4. The van der Waals surface area contributed by atoms with Crippen LogP contribution in [0.2, 0.25) is 0 Å². The van der Waals surface area contributed by atoms with Crippen molar-refractivity contribution < 1.29 is 18.9 Å². The zero-order valence-electron chi connectivity index (χ0n) is 18.7. The molecule has 32 heavy (non-hydrogen) atoms. The molecule has 0 saturated heterocycles. The van der Waals surface area contributed by atoms with Crippen molar-refractivity contribution in [2.75, 3.05) is 69.7 Å². The summed E-state index contributed by atoms with van der Waals surface area (Å²) in [5.74, 6) is 2.84. The Kier molecular flexibility index (Phi) is 9.54. The van der Waals surface area contributed by atoms with Crippen molar-refractivity contribution in [2.24, 2.45) is 5.73 Å². The van der Waals surface area contributed by atoms with Crippen molar-refractivity contribution in [3.8, 4) is 11.5 Å². The number of nitrogens with one attached hydrogen (secondary N) is 3. The Morgan fingerprint density at radius 3 is 2.31 bits per heavy atom. The van der Waals surface area contributed by atoms with Crippen molar-refractivity contribution in [3.05, 3.63) is 23.8 Å². The number of methoxy groups -OCH3 is 2. The van der Waals surface area contributed by atoms with E-state index in [9.17, 15) is 0 Å². The number of hydrogen-bond donors (Lipinski definition) is 4. The highest BCUT2D eigenvalue weighted by molar-refractivity contribution is 5.49. The zero-order valence-corrected chi connectivity index (χ0v) is 18.7. The molecule has 1 aromatic carbocycles. The molecule has 11 heteroatoms. The van der Waals surface area contributed by atoms with Crippen LogP contribution in [0.25, 0.3) is 0 Å². The van der Waals surface area contributed by atoms with E-state index < -0.39 is 0 Å². The smallest absolute Gasteiger partial charge is 0.229 e. The van der Waals surface area contributed by atoms with Gasteiger partial charge in [-0.15, -0.1) is 0 Å². The highest BCUT2D eigenvalue weighted by atomic mass is 16.5. The van der Waals surface area contributed by atoms with Crippen LogP contribution in [0.3, 0.4) is 0 Å². The summed E-state index contributed by atoms with van der Waals surface area (Å²) in [5, 5.41) is 9.76. The molecule has 0 spiro atoms. The Balaban J connectivity index is 1.57. The van der Waals surface area contributed by atoms with Gasteiger partial charge in [0.25, 0.3) is 0 Å². The van der Waals surface area contributed by atoms with Crippen LogP contribution in [-0.2, 0) is 16.0 Å². The number of nitrogens with zero attached hydrogens (tertiary/aromatic N) is 3. The summed E-state index contributed by atoms with van der Waals surface area (Å²) >= 11 is 0. The predicted octanol–water partition coefficient (Wildman–Crippen LogP) is 1.48. The lowest BCUT2D eigenvalue weighted by molar-refractivity contribution is 0.0547. The van der Waals surface area contributed by atoms with Crippen LogP contribution < -0.4 is 31.2 Å². The summed E-state index contributed by atoms with van der Waals surface area (Å²) in [7, 11) is 3.24. The van der Waals surface area contributed by atoms with Crippen LogP contribution in [0.4, 0.5) is 17.8 Å². The molecule has 0 aliphatic heterocycles. The van der Waals surface area contributed by atoms with Crippen LogP contribution in [0, 0.1) is 0 Å². The average Bonchev–Trinajstić information content (AvgIpc) is 3.63. The summed E-state index contributed by atoms with van der Waals surface area (Å²) in [6.45, 7) is 3.64. The summed E-state index contributed by atoms with van der Waals surface area (Å²) < 4.78 is 21.7. The van der Waals surface area contributed by atoms with E-state index in [1.807, 2.05) is 18.2 Å². The van der Waals surface area contributed by atoms with Gasteiger partial charge >= 0.3 is 0 Å². The molecule has 0 bridgehead atoms. The number of hydrogen-bond acceptors (Lipinski definition) is 11. The van der Waals surface area contributed by atoms with Gasteiger partial charge in [0.1, 0.15) is 0 Å². The standard InChI is InChI=1S/C21H33N7O4/c1-29-17-5-3-4-15(18(17)30-2)14-24-20-26-19(27-21(28-20)25-16-6-7-16)23-9-11-32-13-12-31-10-8-22/h3-5,16H,6-14,22H2,1-2H3,(H3,23,24,25,26,27,28). The Bertz CT molecular complexity index is 836. The molecule has 1 aromatic heterocycles. The molecule has 0 atom stereocenters. The Morgan fingerprint density at radius 1 is 0.906 bits per heavy atom. The number of ether oxygens (including phenoxy) is 4. The molecule has 1 saturated carbocycles. The van der Waals surface area contributed by atoms with Crippen molar-refractivity contribution >= 4 is 17.8 Å². The first kappa shape index (κ1) is 23.8. The van der Waals surface area contributed by atoms with Gasteiger partial charge in [0, 0.05) is 31.2 Å². The minimum absolute atomic E-state index is 0.424. The van der Waals surface area contributed by atoms with E-state index in [-0.39, 0.29) is 0 Å². The average molecular weight is 448 g/mol. The van der Waals surface area contributed by atoms with Crippen molar-refractivity contribution in [1.29, 1.82) is 0 Å². The second kappa shape index (κ2) is 12.8. The van der Waals surface area contributed by atoms with Gasteiger partial charge in [-0.05, 0) is 18.9 Å². The van der Waals surface area contributed by atoms with E-state index in [1.165, 1.54) is 0 Å². The molecule has 5 N–H and O–H groups in total. The number of anilines is 3. The molecule has 0 radical (unpaired) electrons. The van der Waals surface area contributed by atoms with E-state index in [1.54, 1.807) is 14.2 Å². The molecule has 3 rings (SSSR count). The van der Waals surface area contributed by atoms with E-state index in [4.69, 9.17) is 24.7 Å². The molecule has 1 aliphatic carbocycles. The fourth-order valence-corrected chi connectivity index (χ4v) is 2.92. The van der Waals surface area contributed by atoms with E-state index in [0.29, 0.717) is 81.4 Å². The van der Waals surface area contributed by atoms with Crippen molar-refractivity contribution in [2.45, 2.75) is 25.4 Å². The molecule has 11 nitrogen and oxygen atoms in total. The highest BCUT2D eigenvalue weighted by Crippen LogP contribution is 2.31. The quantitative estimate of drug-likeness (QED) is 0.278. The highest BCUT2D eigenvalue weighted by Gasteiger charge is 2.22. The summed E-state index contributed by atoms with van der Waals surface area (Å²) in [5.41, 5.74) is 6.31. The Morgan fingerprint density at radius 2 is 1.62 bits per heavy atom. The molecule has 0 amide bonds. The van der Waals surface area contributed by atoms with Crippen LogP contribution in [-0.4, -0.2) is 74.7 Å². The van der Waals surface area contributed by atoms with Crippen LogP contribution in [0.15, 0.2) is 18.2 Å². The third-order valence-electron chi connectivity index (χ3n) is 4.63. The molecule has 1 heterocycles. The SMILES string of the molecule is COc1cccc(CNc2nc(NCCOCCOCCN)nc(NC3CC3)n2)c1OC. The number of nitrogens with two attached hydrogens (primary N) is 1. The van der Waals surface area contributed by atoms with Crippen LogP contribution >= 0.6 is 0 Å². The van der Waals surface area contributed by atoms with Crippen LogP contribution in [0.5, 0.6) is 11.5 Å². The fraction of sp³-hybridized carbons (Fsp3) is 0.571. The number of benzene rings is 1. The van der Waals surface area contributed by atoms with Gasteiger partial charge in [0.2, 0.25) is 17.8 Å². The van der Waals surface area contributed by atoms with Gasteiger partial charge < -0.3 is 40.6 Å². The minimum atomic E-state index is 0.424. The van der Waals surface area contributed by atoms with Gasteiger partial charge in [-0.2, -0.15) is 15.0 Å². The second-order valence-corrected chi connectivity index (χ2v) is 7.17. The molecular weight excluding hydrogens is 414 g/mol. The zero-order chi connectivity index (χ0) is 22.6. The number of aromatic nitrogens is 3. The monoisotopic (exact) mass is 447 g/mol. The molecule has 2 aromatic rings. The Labute approximate surface area is 188 Å².